The predicted molar refractivity (Wildman–Crippen MR) is 76.6 cm³/mol. The molecule has 19 heavy (non-hydrogen) atoms. The van der Waals surface area contributed by atoms with Crippen LogP contribution >= 0.6 is 15.9 Å². The zero-order valence-electron chi connectivity index (χ0n) is 10.9. The van der Waals surface area contributed by atoms with Crippen molar-refractivity contribution in [2.45, 2.75) is 18.9 Å². The average Bonchev–Trinajstić information content (AvgIpc) is 2.42. The lowest BCUT2D eigenvalue weighted by Crippen LogP contribution is -2.42. The second-order valence-electron chi connectivity index (χ2n) is 4.60. The van der Waals surface area contributed by atoms with Gasteiger partial charge in [0, 0.05) is 29.9 Å². The van der Waals surface area contributed by atoms with Crippen LogP contribution in [0, 0.1) is 0 Å². The highest BCUT2D eigenvalue weighted by Gasteiger charge is 2.17. The lowest BCUT2D eigenvalue weighted by Gasteiger charge is -2.23. The van der Waals surface area contributed by atoms with E-state index in [0.717, 1.165) is 28.9 Å². The quantitative estimate of drug-likeness (QED) is 0.898. The van der Waals surface area contributed by atoms with Crippen molar-refractivity contribution >= 4 is 21.7 Å². The molecular weight excluding hydrogens is 310 g/mol. The Bertz CT molecular complexity index is 444. The monoisotopic (exact) mass is 327 g/mol. The first kappa shape index (κ1) is 14.5. The van der Waals surface area contributed by atoms with Gasteiger partial charge in [-0.05, 0) is 23.8 Å². The average molecular weight is 328 g/mol. The lowest BCUT2D eigenvalue weighted by atomic mass is 10.0. The van der Waals surface area contributed by atoms with Gasteiger partial charge < -0.3 is 14.8 Å². The molecule has 0 spiro atoms. The molecule has 1 atom stereocenters. The molecule has 1 aliphatic heterocycles. The van der Waals surface area contributed by atoms with Gasteiger partial charge in [0.1, 0.15) is 11.5 Å². The summed E-state index contributed by atoms with van der Waals surface area (Å²) in [7, 11) is 1.62. The Morgan fingerprint density at radius 3 is 3.11 bits per heavy atom. The summed E-state index contributed by atoms with van der Waals surface area (Å²) in [5, 5.41) is 3.29. The highest BCUT2D eigenvalue weighted by molar-refractivity contribution is 9.10. The van der Waals surface area contributed by atoms with E-state index < -0.39 is 0 Å². The van der Waals surface area contributed by atoms with Crippen LogP contribution in [0.15, 0.2) is 22.7 Å². The number of benzene rings is 1. The van der Waals surface area contributed by atoms with Gasteiger partial charge in [-0.3, -0.25) is 4.79 Å². The molecule has 1 N–H and O–H groups in total. The molecule has 2 rings (SSSR count). The second kappa shape index (κ2) is 7.03. The third-order valence-electron chi connectivity index (χ3n) is 3.11. The zero-order valence-corrected chi connectivity index (χ0v) is 12.5. The maximum atomic E-state index is 12.1. The van der Waals surface area contributed by atoms with Crippen molar-refractivity contribution in [3.8, 4) is 5.75 Å². The van der Waals surface area contributed by atoms with Gasteiger partial charge in [0.25, 0.3) is 0 Å². The lowest BCUT2D eigenvalue weighted by molar-refractivity contribution is -0.119. The van der Waals surface area contributed by atoms with Crippen molar-refractivity contribution in [3.63, 3.8) is 0 Å². The second-order valence-corrected chi connectivity index (χ2v) is 5.46. The molecule has 1 unspecified atom stereocenters. The largest absolute Gasteiger partial charge is 0.497 e. The third-order valence-corrected chi connectivity index (χ3v) is 3.89. The Balaban J connectivity index is 1.94. The molecule has 0 amide bonds. The summed E-state index contributed by atoms with van der Waals surface area (Å²) in [5.41, 5.74) is 0.959. The van der Waals surface area contributed by atoms with E-state index in [4.69, 9.17) is 9.47 Å². The van der Waals surface area contributed by atoms with Crippen LogP contribution < -0.4 is 10.1 Å². The summed E-state index contributed by atoms with van der Waals surface area (Å²) in [6.45, 7) is 2.16. The number of ketones is 1. The molecule has 0 aliphatic carbocycles. The number of carbonyl (C=O) groups excluding carboxylic acids is 1. The predicted octanol–water partition coefficient (Wildman–Crippen LogP) is 1.95. The number of nitrogens with one attached hydrogen (secondary N) is 1. The van der Waals surface area contributed by atoms with E-state index in [1.807, 2.05) is 18.2 Å². The molecule has 1 aliphatic rings. The first-order valence-electron chi connectivity index (χ1n) is 6.34. The van der Waals surface area contributed by atoms with Crippen molar-refractivity contribution < 1.29 is 14.3 Å². The summed E-state index contributed by atoms with van der Waals surface area (Å²) in [6.07, 6.45) is 0.916. The molecule has 1 fully saturated rings. The van der Waals surface area contributed by atoms with Crippen molar-refractivity contribution in [1.29, 1.82) is 0 Å². The van der Waals surface area contributed by atoms with Crippen molar-refractivity contribution in [1.82, 2.24) is 5.32 Å². The maximum absolute atomic E-state index is 12.1. The van der Waals surface area contributed by atoms with Crippen LogP contribution in [0.2, 0.25) is 0 Å². The highest BCUT2D eigenvalue weighted by Crippen LogP contribution is 2.23. The number of methoxy groups -OCH3 is 1. The fourth-order valence-corrected chi connectivity index (χ4v) is 2.51. The number of halogens is 1. The first-order valence-corrected chi connectivity index (χ1v) is 7.13. The Morgan fingerprint density at radius 1 is 1.58 bits per heavy atom. The molecule has 4 nitrogen and oxygen atoms in total. The van der Waals surface area contributed by atoms with Crippen molar-refractivity contribution in [2.24, 2.45) is 0 Å². The minimum absolute atomic E-state index is 0.144. The Labute approximate surface area is 121 Å². The van der Waals surface area contributed by atoms with E-state index in [1.165, 1.54) is 0 Å². The molecule has 1 aromatic carbocycles. The van der Waals surface area contributed by atoms with E-state index in [9.17, 15) is 4.79 Å². The van der Waals surface area contributed by atoms with Crippen LogP contribution in [0.25, 0.3) is 0 Å². The molecule has 0 radical (unpaired) electrons. The van der Waals surface area contributed by atoms with E-state index in [1.54, 1.807) is 7.11 Å². The van der Waals surface area contributed by atoms with E-state index >= 15 is 0 Å². The summed E-state index contributed by atoms with van der Waals surface area (Å²) in [5.74, 6) is 0.974. The van der Waals surface area contributed by atoms with Gasteiger partial charge in [0.2, 0.25) is 0 Å². The highest BCUT2D eigenvalue weighted by atomic mass is 79.9. The number of morpholine rings is 1. The van der Waals surface area contributed by atoms with Gasteiger partial charge >= 0.3 is 0 Å². The molecule has 0 aromatic heterocycles. The van der Waals surface area contributed by atoms with Crippen LogP contribution in [0.1, 0.15) is 12.0 Å². The standard InChI is InChI=1S/C14H18BrNO3/c1-18-13-2-3-14(15)10(7-13)6-12(17)8-11-9-19-5-4-16-11/h2-3,7,11,16H,4-6,8-9H2,1H3. The van der Waals surface area contributed by atoms with Gasteiger partial charge in [-0.25, -0.2) is 0 Å². The number of hydrogen-bond acceptors (Lipinski definition) is 4. The molecular formula is C14H18BrNO3. The van der Waals surface area contributed by atoms with E-state index in [2.05, 4.69) is 21.2 Å². The molecule has 1 saturated heterocycles. The third kappa shape index (κ3) is 4.30. The molecule has 1 aromatic rings. The van der Waals surface area contributed by atoms with E-state index in [0.29, 0.717) is 19.4 Å². The molecule has 104 valence electrons. The van der Waals surface area contributed by atoms with Crippen LogP contribution in [0.5, 0.6) is 5.75 Å². The van der Waals surface area contributed by atoms with Crippen LogP contribution in [-0.4, -0.2) is 38.7 Å². The fraction of sp³-hybridized carbons (Fsp3) is 0.500. The smallest absolute Gasteiger partial charge is 0.138 e. The summed E-state index contributed by atoms with van der Waals surface area (Å²) < 4.78 is 11.5. The maximum Gasteiger partial charge on any atom is 0.138 e. The Kier molecular flexibility index (Phi) is 5.36. The molecule has 5 heteroatoms. The van der Waals surface area contributed by atoms with Crippen LogP contribution in [-0.2, 0) is 16.0 Å². The summed E-state index contributed by atoms with van der Waals surface area (Å²) >= 11 is 3.47. The Morgan fingerprint density at radius 2 is 2.42 bits per heavy atom. The number of rotatable bonds is 5. The van der Waals surface area contributed by atoms with Gasteiger partial charge in [-0.1, -0.05) is 15.9 Å². The molecule has 0 saturated carbocycles. The molecule has 0 bridgehead atoms. The van der Waals surface area contributed by atoms with Crippen LogP contribution in [0.4, 0.5) is 0 Å². The Hall–Kier alpha value is -0.910. The summed E-state index contributed by atoms with van der Waals surface area (Å²) in [4.78, 5) is 12.1. The van der Waals surface area contributed by atoms with Gasteiger partial charge in [0.05, 0.1) is 20.3 Å². The molecule has 1 heterocycles. The van der Waals surface area contributed by atoms with Crippen LogP contribution in [0.3, 0.4) is 0 Å². The van der Waals surface area contributed by atoms with E-state index in [-0.39, 0.29) is 11.8 Å². The SMILES string of the molecule is COc1ccc(Br)c(CC(=O)CC2COCCN2)c1. The number of Topliss-reactive ketones (excluding diaryl/α,β-unsaturated/α-hetero) is 1. The topological polar surface area (TPSA) is 47.6 Å². The minimum atomic E-state index is 0.144. The number of hydrogen-bond donors (Lipinski definition) is 1. The summed E-state index contributed by atoms with van der Waals surface area (Å²) in [6, 6.07) is 5.82. The number of ether oxygens (including phenoxy) is 2. The fourth-order valence-electron chi connectivity index (χ4n) is 2.12. The van der Waals surface area contributed by atoms with Crippen molar-refractivity contribution in [2.75, 3.05) is 26.9 Å². The van der Waals surface area contributed by atoms with Crippen molar-refractivity contribution in [3.05, 3.63) is 28.2 Å². The van der Waals surface area contributed by atoms with Gasteiger partial charge in [-0.2, -0.15) is 0 Å². The van der Waals surface area contributed by atoms with Gasteiger partial charge in [-0.15, -0.1) is 0 Å². The zero-order chi connectivity index (χ0) is 13.7. The minimum Gasteiger partial charge on any atom is -0.497 e. The first-order chi connectivity index (χ1) is 9.19. The van der Waals surface area contributed by atoms with Gasteiger partial charge in [0.15, 0.2) is 0 Å². The number of carbonyl (C=O) groups is 1. The normalized spacial score (nSPS) is 19.2.